The Kier molecular flexibility index (Phi) is 4.94. The lowest BCUT2D eigenvalue weighted by molar-refractivity contribution is 0.0722. The van der Waals surface area contributed by atoms with E-state index in [1.165, 1.54) is 25.0 Å². The Morgan fingerprint density at radius 1 is 1.27 bits per heavy atom. The van der Waals surface area contributed by atoms with Crippen LogP contribution in [-0.2, 0) is 13.0 Å². The fourth-order valence-corrected chi connectivity index (χ4v) is 4.02. The molecule has 0 N–H and O–H groups in total. The smallest absolute Gasteiger partial charge is 0.256 e. The number of ether oxygens (including phenoxy) is 1. The number of aromatic nitrogens is 1. The molecule has 1 aromatic heterocycles. The number of fused-ring (bicyclic) bond motifs is 1. The molecule has 1 saturated carbocycles. The Morgan fingerprint density at radius 2 is 2.08 bits per heavy atom. The van der Waals surface area contributed by atoms with Crippen LogP contribution >= 0.6 is 15.9 Å². The van der Waals surface area contributed by atoms with Crippen LogP contribution in [0.25, 0.3) is 0 Å². The number of pyridine rings is 1. The van der Waals surface area contributed by atoms with Crippen molar-refractivity contribution in [1.29, 1.82) is 0 Å². The van der Waals surface area contributed by atoms with Crippen LogP contribution in [0.1, 0.15) is 47.3 Å². The number of rotatable bonds is 4. The van der Waals surface area contributed by atoms with Crippen molar-refractivity contribution in [3.63, 3.8) is 0 Å². The Bertz CT molecular complexity index is 837. The third-order valence-corrected chi connectivity index (χ3v) is 5.49. The molecule has 1 aliphatic carbocycles. The summed E-state index contributed by atoms with van der Waals surface area (Å²) in [6.45, 7) is 0.907. The highest BCUT2D eigenvalue weighted by atomic mass is 79.9. The summed E-state index contributed by atoms with van der Waals surface area (Å²) in [6.07, 6.45) is 7.01. The van der Waals surface area contributed by atoms with Gasteiger partial charge < -0.3 is 9.64 Å². The van der Waals surface area contributed by atoms with Crippen LogP contribution in [0, 0.1) is 5.82 Å². The Morgan fingerprint density at radius 3 is 2.88 bits per heavy atom. The Balaban J connectivity index is 1.57. The second-order valence-corrected chi connectivity index (χ2v) is 7.82. The van der Waals surface area contributed by atoms with E-state index in [0.29, 0.717) is 30.8 Å². The van der Waals surface area contributed by atoms with E-state index in [9.17, 15) is 9.18 Å². The molecule has 0 spiro atoms. The van der Waals surface area contributed by atoms with Gasteiger partial charge in [0.25, 0.3) is 5.91 Å². The molecule has 1 amide bonds. The van der Waals surface area contributed by atoms with Crippen molar-refractivity contribution in [2.45, 2.75) is 44.8 Å². The summed E-state index contributed by atoms with van der Waals surface area (Å²) in [5.41, 5.74) is 2.15. The Hall–Kier alpha value is -1.95. The van der Waals surface area contributed by atoms with E-state index in [4.69, 9.17) is 4.74 Å². The zero-order valence-electron chi connectivity index (χ0n) is 14.4. The van der Waals surface area contributed by atoms with E-state index in [1.54, 1.807) is 23.2 Å². The zero-order valence-corrected chi connectivity index (χ0v) is 16.0. The van der Waals surface area contributed by atoms with Crippen molar-refractivity contribution in [1.82, 2.24) is 9.88 Å². The number of carbonyl (C=O) groups excluding carboxylic acids is 1. The third-order valence-electron chi connectivity index (χ3n) is 5.05. The molecule has 26 heavy (non-hydrogen) atoms. The van der Waals surface area contributed by atoms with Crippen molar-refractivity contribution in [3.8, 4) is 5.75 Å². The molecule has 4 rings (SSSR count). The average Bonchev–Trinajstić information content (AvgIpc) is 3.13. The largest absolute Gasteiger partial charge is 0.490 e. The predicted octanol–water partition coefficient (Wildman–Crippen LogP) is 4.50. The van der Waals surface area contributed by atoms with Gasteiger partial charge in [0.05, 0.1) is 17.4 Å². The molecule has 0 unspecified atom stereocenters. The Labute approximate surface area is 160 Å². The van der Waals surface area contributed by atoms with E-state index in [-0.39, 0.29) is 17.8 Å². The van der Waals surface area contributed by atoms with Crippen LogP contribution in [0.4, 0.5) is 4.39 Å². The minimum Gasteiger partial charge on any atom is -0.490 e. The topological polar surface area (TPSA) is 42.4 Å². The molecule has 2 aliphatic rings. The SMILES string of the molecule is O=C1c2cc(Br)cnc2CCN1Cc1cc(F)ccc1OC1CCCC1. The molecule has 0 radical (unpaired) electrons. The number of halogens is 2. The monoisotopic (exact) mass is 418 g/mol. The summed E-state index contributed by atoms with van der Waals surface area (Å²) in [5, 5.41) is 0. The molecule has 1 fully saturated rings. The zero-order chi connectivity index (χ0) is 18.1. The minimum atomic E-state index is -0.312. The van der Waals surface area contributed by atoms with Gasteiger partial charge in [-0.1, -0.05) is 0 Å². The first kappa shape index (κ1) is 17.5. The molecule has 2 aromatic rings. The summed E-state index contributed by atoms with van der Waals surface area (Å²) in [7, 11) is 0. The number of amides is 1. The predicted molar refractivity (Wildman–Crippen MR) is 99.7 cm³/mol. The second kappa shape index (κ2) is 7.35. The number of benzene rings is 1. The highest BCUT2D eigenvalue weighted by Gasteiger charge is 2.27. The average molecular weight is 419 g/mol. The van der Waals surface area contributed by atoms with E-state index < -0.39 is 0 Å². The first-order chi connectivity index (χ1) is 12.6. The van der Waals surface area contributed by atoms with E-state index in [0.717, 1.165) is 28.6 Å². The summed E-state index contributed by atoms with van der Waals surface area (Å²) >= 11 is 3.37. The molecule has 6 heteroatoms. The summed E-state index contributed by atoms with van der Waals surface area (Å²) in [5.74, 6) is 0.299. The fourth-order valence-electron chi connectivity index (χ4n) is 3.69. The van der Waals surface area contributed by atoms with Crippen LogP contribution in [0.15, 0.2) is 34.9 Å². The summed E-state index contributed by atoms with van der Waals surface area (Å²) in [4.78, 5) is 18.9. The number of hydrogen-bond acceptors (Lipinski definition) is 3. The van der Waals surface area contributed by atoms with Crippen LogP contribution in [0.3, 0.4) is 0 Å². The van der Waals surface area contributed by atoms with Crippen molar-refractivity contribution in [2.75, 3.05) is 6.54 Å². The van der Waals surface area contributed by atoms with Crippen molar-refractivity contribution < 1.29 is 13.9 Å². The van der Waals surface area contributed by atoms with Crippen LogP contribution in [0.2, 0.25) is 0 Å². The van der Waals surface area contributed by atoms with Crippen LogP contribution in [-0.4, -0.2) is 28.4 Å². The number of hydrogen-bond donors (Lipinski definition) is 0. The number of nitrogens with zero attached hydrogens (tertiary/aromatic N) is 2. The summed E-state index contributed by atoms with van der Waals surface area (Å²) in [6, 6.07) is 6.39. The van der Waals surface area contributed by atoms with E-state index in [2.05, 4.69) is 20.9 Å². The molecular formula is C20H20BrFN2O2. The molecule has 2 heterocycles. The van der Waals surface area contributed by atoms with E-state index in [1.807, 2.05) is 0 Å². The fraction of sp³-hybridized carbons (Fsp3) is 0.400. The molecule has 0 saturated heterocycles. The minimum absolute atomic E-state index is 0.0730. The van der Waals surface area contributed by atoms with Gasteiger partial charge in [0.2, 0.25) is 0 Å². The standard InChI is InChI=1S/C20H20BrFN2O2/c21-14-10-17-18(23-11-14)7-8-24(20(17)25)12-13-9-15(22)5-6-19(13)26-16-3-1-2-4-16/h5-6,9-11,16H,1-4,7-8,12H2. The molecule has 136 valence electrons. The lowest BCUT2D eigenvalue weighted by Crippen LogP contribution is -2.37. The maximum atomic E-state index is 13.8. The molecule has 1 aromatic carbocycles. The highest BCUT2D eigenvalue weighted by Crippen LogP contribution is 2.29. The molecule has 0 bridgehead atoms. The van der Waals surface area contributed by atoms with Gasteiger partial charge in [0, 0.05) is 35.7 Å². The second-order valence-electron chi connectivity index (χ2n) is 6.90. The van der Waals surface area contributed by atoms with Crippen molar-refractivity contribution >= 4 is 21.8 Å². The quantitative estimate of drug-likeness (QED) is 0.733. The number of carbonyl (C=O) groups is 1. The lowest BCUT2D eigenvalue weighted by atomic mass is 10.0. The first-order valence-electron chi connectivity index (χ1n) is 8.99. The molecular weight excluding hydrogens is 399 g/mol. The van der Waals surface area contributed by atoms with Gasteiger partial charge >= 0.3 is 0 Å². The molecule has 1 aliphatic heterocycles. The van der Waals surface area contributed by atoms with Gasteiger partial charge in [-0.05, 0) is 65.9 Å². The van der Waals surface area contributed by atoms with Gasteiger partial charge in [0.15, 0.2) is 0 Å². The maximum Gasteiger partial charge on any atom is 0.256 e. The van der Waals surface area contributed by atoms with Gasteiger partial charge in [-0.15, -0.1) is 0 Å². The van der Waals surface area contributed by atoms with Gasteiger partial charge in [-0.25, -0.2) is 4.39 Å². The van der Waals surface area contributed by atoms with Gasteiger partial charge in [-0.3, -0.25) is 9.78 Å². The van der Waals surface area contributed by atoms with Crippen LogP contribution < -0.4 is 4.74 Å². The van der Waals surface area contributed by atoms with Gasteiger partial charge in [-0.2, -0.15) is 0 Å². The lowest BCUT2D eigenvalue weighted by Gasteiger charge is -2.29. The normalized spacial score (nSPS) is 17.5. The molecule has 4 nitrogen and oxygen atoms in total. The van der Waals surface area contributed by atoms with Gasteiger partial charge in [0.1, 0.15) is 11.6 Å². The highest BCUT2D eigenvalue weighted by molar-refractivity contribution is 9.10. The third kappa shape index (κ3) is 3.61. The first-order valence-corrected chi connectivity index (χ1v) is 9.78. The molecule has 0 atom stereocenters. The van der Waals surface area contributed by atoms with E-state index >= 15 is 0 Å². The maximum absolute atomic E-state index is 13.8. The van der Waals surface area contributed by atoms with Crippen LogP contribution in [0.5, 0.6) is 5.75 Å². The van der Waals surface area contributed by atoms with Crippen molar-refractivity contribution in [2.24, 2.45) is 0 Å². The van der Waals surface area contributed by atoms with Crippen molar-refractivity contribution in [3.05, 3.63) is 57.6 Å². The summed E-state index contributed by atoms with van der Waals surface area (Å²) < 4.78 is 20.7.